The Kier molecular flexibility index (Phi) is 7.82. The molecular formula is C17H30N2O. The molecule has 0 aliphatic heterocycles. The molecule has 1 aromatic carbocycles. The van der Waals surface area contributed by atoms with Gasteiger partial charge in [0.25, 0.3) is 0 Å². The average molecular weight is 278 g/mol. The maximum Gasteiger partial charge on any atom is 0.0610 e. The van der Waals surface area contributed by atoms with E-state index in [2.05, 4.69) is 55.3 Å². The van der Waals surface area contributed by atoms with Gasteiger partial charge in [0.05, 0.1) is 6.61 Å². The van der Waals surface area contributed by atoms with E-state index in [9.17, 15) is 5.11 Å². The van der Waals surface area contributed by atoms with Gasteiger partial charge in [0.1, 0.15) is 0 Å². The molecular weight excluding hydrogens is 248 g/mol. The number of likely N-dealkylation sites (N-methyl/N-ethyl adjacent to an activating group) is 1. The topological polar surface area (TPSA) is 35.5 Å². The van der Waals surface area contributed by atoms with Crippen LogP contribution in [-0.2, 0) is 6.42 Å². The highest BCUT2D eigenvalue weighted by Gasteiger charge is 2.22. The normalized spacial score (nSPS) is 14.4. The number of benzene rings is 1. The Balaban J connectivity index is 2.38. The summed E-state index contributed by atoms with van der Waals surface area (Å²) < 4.78 is 0. The van der Waals surface area contributed by atoms with Crippen molar-refractivity contribution >= 4 is 0 Å². The van der Waals surface area contributed by atoms with E-state index in [1.165, 1.54) is 5.56 Å². The summed E-state index contributed by atoms with van der Waals surface area (Å²) in [5.74, 6) is 0. The molecule has 0 spiro atoms. The van der Waals surface area contributed by atoms with Crippen LogP contribution in [0.3, 0.4) is 0 Å². The minimum absolute atomic E-state index is 0.179. The first-order valence-electron chi connectivity index (χ1n) is 7.75. The van der Waals surface area contributed by atoms with Gasteiger partial charge in [-0.25, -0.2) is 0 Å². The number of aryl methyl sites for hydroxylation is 1. The first-order valence-corrected chi connectivity index (χ1v) is 7.75. The molecule has 0 aliphatic carbocycles. The molecule has 1 atom stereocenters. The first kappa shape index (κ1) is 17.2. The van der Waals surface area contributed by atoms with Crippen LogP contribution in [0.5, 0.6) is 0 Å². The Hall–Kier alpha value is -0.900. The third-order valence-electron chi connectivity index (χ3n) is 4.03. The molecule has 0 aliphatic rings. The Morgan fingerprint density at radius 2 is 1.80 bits per heavy atom. The summed E-state index contributed by atoms with van der Waals surface area (Å²) in [7, 11) is 0. The Bertz CT molecular complexity index is 351. The molecule has 2 N–H and O–H groups in total. The smallest absolute Gasteiger partial charge is 0.0610 e. The molecule has 3 nitrogen and oxygen atoms in total. The fourth-order valence-electron chi connectivity index (χ4n) is 2.34. The Labute approximate surface area is 124 Å². The van der Waals surface area contributed by atoms with Gasteiger partial charge in [0.15, 0.2) is 0 Å². The van der Waals surface area contributed by atoms with Gasteiger partial charge in [-0.05, 0) is 38.4 Å². The molecule has 3 heteroatoms. The van der Waals surface area contributed by atoms with Crippen molar-refractivity contribution < 1.29 is 5.11 Å². The molecule has 1 rings (SSSR count). The lowest BCUT2D eigenvalue weighted by Gasteiger charge is -2.30. The lowest BCUT2D eigenvalue weighted by atomic mass is 9.94. The quantitative estimate of drug-likeness (QED) is 0.689. The van der Waals surface area contributed by atoms with E-state index in [1.54, 1.807) is 0 Å². The van der Waals surface area contributed by atoms with Crippen LogP contribution in [0.15, 0.2) is 30.3 Å². The lowest BCUT2D eigenvalue weighted by Crippen LogP contribution is -2.48. The number of hydrogen-bond acceptors (Lipinski definition) is 3. The molecule has 20 heavy (non-hydrogen) atoms. The van der Waals surface area contributed by atoms with E-state index in [1.807, 2.05) is 6.07 Å². The van der Waals surface area contributed by atoms with E-state index in [0.29, 0.717) is 0 Å². The van der Waals surface area contributed by atoms with Crippen LogP contribution in [0, 0.1) is 0 Å². The highest BCUT2D eigenvalue weighted by molar-refractivity contribution is 5.15. The molecule has 114 valence electrons. The van der Waals surface area contributed by atoms with Gasteiger partial charge >= 0.3 is 0 Å². The number of nitrogens with zero attached hydrogens (tertiary/aromatic N) is 1. The van der Waals surface area contributed by atoms with Crippen molar-refractivity contribution in [1.82, 2.24) is 10.2 Å². The highest BCUT2D eigenvalue weighted by atomic mass is 16.3. The molecule has 0 fully saturated rings. The van der Waals surface area contributed by atoms with Gasteiger partial charge in [-0.1, -0.05) is 44.2 Å². The Morgan fingerprint density at radius 3 is 2.35 bits per heavy atom. The van der Waals surface area contributed by atoms with Crippen LogP contribution < -0.4 is 5.32 Å². The van der Waals surface area contributed by atoms with Crippen LogP contribution in [0.1, 0.15) is 32.8 Å². The van der Waals surface area contributed by atoms with Crippen molar-refractivity contribution in [2.24, 2.45) is 0 Å². The van der Waals surface area contributed by atoms with E-state index in [0.717, 1.165) is 39.0 Å². The number of rotatable bonds is 10. The van der Waals surface area contributed by atoms with Gasteiger partial charge in [-0.3, -0.25) is 0 Å². The lowest BCUT2D eigenvalue weighted by molar-refractivity contribution is 0.160. The first-order chi connectivity index (χ1) is 9.63. The zero-order valence-electron chi connectivity index (χ0n) is 13.2. The maximum absolute atomic E-state index is 9.67. The summed E-state index contributed by atoms with van der Waals surface area (Å²) in [6.07, 6.45) is 1.95. The number of aliphatic hydroxyl groups excluding tert-OH is 1. The summed E-state index contributed by atoms with van der Waals surface area (Å²) in [4.78, 5) is 2.39. The Morgan fingerprint density at radius 1 is 1.15 bits per heavy atom. The molecule has 1 aromatic rings. The van der Waals surface area contributed by atoms with Gasteiger partial charge in [0.2, 0.25) is 0 Å². The number of aliphatic hydroxyl groups is 1. The van der Waals surface area contributed by atoms with Crippen LogP contribution in [-0.4, -0.2) is 48.3 Å². The zero-order chi connectivity index (χ0) is 14.8. The second-order valence-electron chi connectivity index (χ2n) is 5.66. The fourth-order valence-corrected chi connectivity index (χ4v) is 2.34. The van der Waals surface area contributed by atoms with E-state index in [-0.39, 0.29) is 12.1 Å². The molecule has 1 unspecified atom stereocenters. The van der Waals surface area contributed by atoms with Crippen LogP contribution in [0.25, 0.3) is 0 Å². The average Bonchev–Trinajstić information content (AvgIpc) is 2.51. The predicted molar refractivity (Wildman–Crippen MR) is 86.0 cm³/mol. The van der Waals surface area contributed by atoms with Crippen LogP contribution >= 0.6 is 0 Å². The largest absolute Gasteiger partial charge is 0.394 e. The van der Waals surface area contributed by atoms with Crippen LogP contribution in [0.4, 0.5) is 0 Å². The SMILES string of the molecule is CCN(CC)CCNC(C)(CO)CCc1ccccc1. The molecule has 0 saturated carbocycles. The van der Waals surface area contributed by atoms with Crippen LogP contribution in [0.2, 0.25) is 0 Å². The van der Waals surface area contributed by atoms with E-state index in [4.69, 9.17) is 0 Å². The van der Waals surface area contributed by atoms with E-state index >= 15 is 0 Å². The summed E-state index contributed by atoms with van der Waals surface area (Å²) in [5.41, 5.74) is 1.14. The third-order valence-corrected chi connectivity index (χ3v) is 4.03. The molecule has 0 amide bonds. The van der Waals surface area contributed by atoms with Crippen molar-refractivity contribution in [2.75, 3.05) is 32.8 Å². The second kappa shape index (κ2) is 9.11. The summed E-state index contributed by atoms with van der Waals surface area (Å²) in [6.45, 7) is 10.8. The monoisotopic (exact) mass is 278 g/mol. The fraction of sp³-hybridized carbons (Fsp3) is 0.647. The van der Waals surface area contributed by atoms with Crippen molar-refractivity contribution in [3.63, 3.8) is 0 Å². The predicted octanol–water partition coefficient (Wildman–Crippen LogP) is 2.30. The van der Waals surface area contributed by atoms with Crippen molar-refractivity contribution in [3.8, 4) is 0 Å². The van der Waals surface area contributed by atoms with Gasteiger partial charge in [0, 0.05) is 18.6 Å². The van der Waals surface area contributed by atoms with Crippen molar-refractivity contribution in [3.05, 3.63) is 35.9 Å². The summed E-state index contributed by atoms with van der Waals surface area (Å²) >= 11 is 0. The van der Waals surface area contributed by atoms with Gasteiger partial charge < -0.3 is 15.3 Å². The van der Waals surface area contributed by atoms with Crippen molar-refractivity contribution in [1.29, 1.82) is 0 Å². The zero-order valence-corrected chi connectivity index (χ0v) is 13.2. The summed E-state index contributed by atoms with van der Waals surface area (Å²) in [6, 6.07) is 10.5. The molecule has 0 saturated heterocycles. The molecule has 0 bridgehead atoms. The number of nitrogens with one attached hydrogen (secondary N) is 1. The minimum Gasteiger partial charge on any atom is -0.394 e. The molecule has 0 aromatic heterocycles. The number of hydrogen-bond donors (Lipinski definition) is 2. The van der Waals surface area contributed by atoms with Crippen molar-refractivity contribution in [2.45, 2.75) is 39.2 Å². The molecule has 0 radical (unpaired) electrons. The van der Waals surface area contributed by atoms with E-state index < -0.39 is 0 Å². The van der Waals surface area contributed by atoms with Gasteiger partial charge in [-0.15, -0.1) is 0 Å². The molecule has 0 heterocycles. The highest BCUT2D eigenvalue weighted by Crippen LogP contribution is 2.13. The maximum atomic E-state index is 9.67. The standard InChI is InChI=1S/C17H30N2O/c1-4-19(5-2)14-13-18-17(3,15-20)12-11-16-9-7-6-8-10-16/h6-10,18,20H,4-5,11-15H2,1-3H3. The second-order valence-corrected chi connectivity index (χ2v) is 5.66. The minimum atomic E-state index is -0.191. The third kappa shape index (κ3) is 6.04. The summed E-state index contributed by atoms with van der Waals surface area (Å²) in [5, 5.41) is 13.2. The van der Waals surface area contributed by atoms with Gasteiger partial charge in [-0.2, -0.15) is 0 Å².